The molecule has 0 amide bonds. The summed E-state index contributed by atoms with van der Waals surface area (Å²) in [7, 11) is -3.82. The standard InChI is InChI=1S/C11H17N3O4S/c1-3-13-7-10(12-8(13)2)19(17,18)14-6-4-5-9(14)11(15)16/h7,9H,3-6H2,1-2H3,(H,15,16)/t9-/m1/s1. The number of aryl methyl sites for hydroxylation is 2. The van der Waals surface area contributed by atoms with Gasteiger partial charge in [0, 0.05) is 19.3 Å². The highest BCUT2D eigenvalue weighted by atomic mass is 32.2. The Morgan fingerprint density at radius 2 is 2.26 bits per heavy atom. The average Bonchev–Trinajstić information content (AvgIpc) is 2.94. The van der Waals surface area contributed by atoms with Crippen molar-refractivity contribution in [3.63, 3.8) is 0 Å². The van der Waals surface area contributed by atoms with Crippen molar-refractivity contribution in [3.05, 3.63) is 12.0 Å². The molecule has 8 heteroatoms. The van der Waals surface area contributed by atoms with Gasteiger partial charge in [0.25, 0.3) is 10.0 Å². The van der Waals surface area contributed by atoms with Crippen LogP contribution in [0.3, 0.4) is 0 Å². The molecule has 1 saturated heterocycles. The van der Waals surface area contributed by atoms with Crippen LogP contribution in [0.1, 0.15) is 25.6 Å². The number of aliphatic carboxylic acids is 1. The highest BCUT2D eigenvalue weighted by Crippen LogP contribution is 2.25. The molecule has 1 aromatic heterocycles. The third-order valence-electron chi connectivity index (χ3n) is 3.36. The van der Waals surface area contributed by atoms with Gasteiger partial charge in [-0.1, -0.05) is 0 Å². The molecule has 19 heavy (non-hydrogen) atoms. The predicted octanol–water partition coefficient (Wildman–Crippen LogP) is 0.449. The molecule has 1 aliphatic rings. The van der Waals surface area contributed by atoms with Gasteiger partial charge < -0.3 is 9.67 Å². The van der Waals surface area contributed by atoms with E-state index in [4.69, 9.17) is 5.11 Å². The maximum atomic E-state index is 12.4. The third-order valence-corrected chi connectivity index (χ3v) is 5.14. The van der Waals surface area contributed by atoms with Crippen LogP contribution in [0.4, 0.5) is 0 Å². The molecule has 106 valence electrons. The molecular weight excluding hydrogens is 270 g/mol. The second-order valence-corrected chi connectivity index (χ2v) is 6.36. The topological polar surface area (TPSA) is 92.5 Å². The molecule has 0 bridgehead atoms. The number of carboxylic acid groups (broad SMARTS) is 1. The van der Waals surface area contributed by atoms with E-state index in [-0.39, 0.29) is 11.6 Å². The number of imidazole rings is 1. The Bertz CT molecular complexity index is 593. The van der Waals surface area contributed by atoms with E-state index in [0.29, 0.717) is 25.2 Å². The Labute approximate surface area is 111 Å². The lowest BCUT2D eigenvalue weighted by molar-refractivity contribution is -0.140. The Morgan fingerprint density at radius 1 is 1.58 bits per heavy atom. The van der Waals surface area contributed by atoms with Crippen molar-refractivity contribution in [2.75, 3.05) is 6.54 Å². The van der Waals surface area contributed by atoms with Gasteiger partial charge in [0.1, 0.15) is 11.9 Å². The highest BCUT2D eigenvalue weighted by molar-refractivity contribution is 7.89. The van der Waals surface area contributed by atoms with Crippen molar-refractivity contribution < 1.29 is 18.3 Å². The van der Waals surface area contributed by atoms with Crippen LogP contribution in [0.2, 0.25) is 0 Å². The average molecular weight is 287 g/mol. The van der Waals surface area contributed by atoms with Crippen molar-refractivity contribution in [2.45, 2.75) is 44.3 Å². The summed E-state index contributed by atoms with van der Waals surface area (Å²) in [6.07, 6.45) is 2.37. The fourth-order valence-corrected chi connectivity index (χ4v) is 3.97. The van der Waals surface area contributed by atoms with Crippen molar-refractivity contribution in [1.29, 1.82) is 0 Å². The number of rotatable bonds is 4. The molecule has 0 aliphatic carbocycles. The fraction of sp³-hybridized carbons (Fsp3) is 0.636. The zero-order chi connectivity index (χ0) is 14.2. The second-order valence-electron chi connectivity index (χ2n) is 4.52. The summed E-state index contributed by atoms with van der Waals surface area (Å²) in [4.78, 5) is 15.1. The number of sulfonamides is 1. The number of nitrogens with zero attached hydrogens (tertiary/aromatic N) is 3. The molecule has 0 aromatic carbocycles. The van der Waals surface area contributed by atoms with Crippen LogP contribution < -0.4 is 0 Å². The molecule has 2 rings (SSSR count). The molecule has 0 spiro atoms. The highest BCUT2D eigenvalue weighted by Gasteiger charge is 2.40. The van der Waals surface area contributed by atoms with E-state index in [1.54, 1.807) is 11.5 Å². The number of hydrogen-bond donors (Lipinski definition) is 1. The maximum absolute atomic E-state index is 12.4. The Morgan fingerprint density at radius 3 is 2.79 bits per heavy atom. The second kappa shape index (κ2) is 4.93. The van der Waals surface area contributed by atoms with E-state index >= 15 is 0 Å². The van der Waals surface area contributed by atoms with Gasteiger partial charge in [0.05, 0.1) is 0 Å². The lowest BCUT2D eigenvalue weighted by Gasteiger charge is -2.19. The molecule has 1 aliphatic heterocycles. The molecular formula is C11H17N3O4S. The number of aromatic nitrogens is 2. The summed E-state index contributed by atoms with van der Waals surface area (Å²) >= 11 is 0. The third kappa shape index (κ3) is 2.37. The van der Waals surface area contributed by atoms with Gasteiger partial charge in [0.2, 0.25) is 0 Å². The van der Waals surface area contributed by atoms with Gasteiger partial charge in [-0.2, -0.15) is 4.31 Å². The van der Waals surface area contributed by atoms with E-state index in [9.17, 15) is 13.2 Å². The van der Waals surface area contributed by atoms with E-state index in [1.807, 2.05) is 6.92 Å². The van der Waals surface area contributed by atoms with Gasteiger partial charge >= 0.3 is 5.97 Å². The smallest absolute Gasteiger partial charge is 0.322 e. The minimum atomic E-state index is -3.82. The first-order valence-electron chi connectivity index (χ1n) is 6.16. The van der Waals surface area contributed by atoms with Crippen molar-refractivity contribution in [3.8, 4) is 0 Å². The molecule has 7 nitrogen and oxygen atoms in total. The first kappa shape index (κ1) is 14.0. The molecule has 2 heterocycles. The summed E-state index contributed by atoms with van der Waals surface area (Å²) in [5.74, 6) is -0.500. The van der Waals surface area contributed by atoms with Crippen molar-refractivity contribution >= 4 is 16.0 Å². The van der Waals surface area contributed by atoms with E-state index < -0.39 is 22.0 Å². The van der Waals surface area contributed by atoms with Crippen LogP contribution in [0.5, 0.6) is 0 Å². The van der Waals surface area contributed by atoms with Gasteiger partial charge in [0.15, 0.2) is 5.03 Å². The van der Waals surface area contributed by atoms with Gasteiger partial charge in [-0.3, -0.25) is 4.79 Å². The molecule has 0 unspecified atom stereocenters. The summed E-state index contributed by atoms with van der Waals surface area (Å²) in [5, 5.41) is 9.00. The van der Waals surface area contributed by atoms with Gasteiger partial charge in [-0.15, -0.1) is 0 Å². The van der Waals surface area contributed by atoms with Crippen LogP contribution >= 0.6 is 0 Å². The van der Waals surface area contributed by atoms with Crippen LogP contribution in [0, 0.1) is 6.92 Å². The molecule has 0 radical (unpaired) electrons. The molecule has 1 aromatic rings. The SMILES string of the molecule is CCn1cc(S(=O)(=O)N2CCC[C@@H]2C(=O)O)nc1C. The van der Waals surface area contributed by atoms with Crippen LogP contribution in [-0.2, 0) is 21.4 Å². The quantitative estimate of drug-likeness (QED) is 0.868. The lowest BCUT2D eigenvalue weighted by atomic mass is 10.2. The maximum Gasteiger partial charge on any atom is 0.322 e. The van der Waals surface area contributed by atoms with Crippen LogP contribution in [-0.4, -0.2) is 45.9 Å². The molecule has 1 N–H and O–H groups in total. The summed E-state index contributed by atoms with van der Waals surface area (Å²) in [5.41, 5.74) is 0. The number of carbonyl (C=O) groups is 1. The van der Waals surface area contributed by atoms with Gasteiger partial charge in [-0.25, -0.2) is 13.4 Å². The van der Waals surface area contributed by atoms with Crippen molar-refractivity contribution in [2.24, 2.45) is 0 Å². The zero-order valence-electron chi connectivity index (χ0n) is 10.9. The number of carboxylic acids is 1. The number of hydrogen-bond acceptors (Lipinski definition) is 4. The Kier molecular flexibility index (Phi) is 3.64. The summed E-state index contributed by atoms with van der Waals surface area (Å²) in [6.45, 7) is 4.47. The zero-order valence-corrected chi connectivity index (χ0v) is 11.7. The predicted molar refractivity (Wildman–Crippen MR) is 67.2 cm³/mol. The first-order chi connectivity index (χ1) is 8.87. The normalized spacial score (nSPS) is 20.8. The van der Waals surface area contributed by atoms with E-state index in [0.717, 1.165) is 4.31 Å². The van der Waals surface area contributed by atoms with Crippen molar-refractivity contribution in [1.82, 2.24) is 13.9 Å². The van der Waals surface area contributed by atoms with E-state index in [1.165, 1.54) is 6.20 Å². The largest absolute Gasteiger partial charge is 0.480 e. The first-order valence-corrected chi connectivity index (χ1v) is 7.60. The summed E-state index contributed by atoms with van der Waals surface area (Å²) < 4.78 is 27.6. The minimum Gasteiger partial charge on any atom is -0.480 e. The molecule has 1 fully saturated rings. The minimum absolute atomic E-state index is 0.0694. The fourth-order valence-electron chi connectivity index (χ4n) is 2.32. The monoisotopic (exact) mass is 287 g/mol. The molecule has 1 atom stereocenters. The Balaban J connectivity index is 2.38. The Hall–Kier alpha value is -1.41. The van der Waals surface area contributed by atoms with Crippen LogP contribution in [0.15, 0.2) is 11.2 Å². The van der Waals surface area contributed by atoms with Crippen LogP contribution in [0.25, 0.3) is 0 Å². The van der Waals surface area contributed by atoms with Gasteiger partial charge in [-0.05, 0) is 26.7 Å². The summed E-state index contributed by atoms with van der Waals surface area (Å²) in [6, 6.07) is -0.975. The van der Waals surface area contributed by atoms with E-state index in [2.05, 4.69) is 4.98 Å². The lowest BCUT2D eigenvalue weighted by Crippen LogP contribution is -2.40. The molecule has 0 saturated carbocycles.